The zero-order chi connectivity index (χ0) is 17.0. The first-order valence-corrected chi connectivity index (χ1v) is 7.80. The van der Waals surface area contributed by atoms with E-state index in [1.807, 2.05) is 7.05 Å². The van der Waals surface area contributed by atoms with Crippen molar-refractivity contribution in [1.29, 1.82) is 0 Å². The molecule has 3 aliphatic rings. The molecule has 1 saturated carbocycles. The topological polar surface area (TPSA) is 119 Å². The summed E-state index contributed by atoms with van der Waals surface area (Å²) in [5.41, 5.74) is 0. The van der Waals surface area contributed by atoms with Gasteiger partial charge in [0.25, 0.3) is 0 Å². The van der Waals surface area contributed by atoms with Crippen LogP contribution in [0.5, 0.6) is 0 Å². The van der Waals surface area contributed by atoms with Crippen molar-refractivity contribution >= 4 is 18.0 Å². The molecule has 0 spiro atoms. The van der Waals surface area contributed by atoms with Gasteiger partial charge >= 0.3 is 18.0 Å². The van der Waals surface area contributed by atoms with Crippen molar-refractivity contribution in [2.75, 3.05) is 13.6 Å². The lowest BCUT2D eigenvalue weighted by Gasteiger charge is -2.44. The van der Waals surface area contributed by atoms with Crippen molar-refractivity contribution in [3.05, 3.63) is 12.2 Å². The Balaban J connectivity index is 0.000000207. The molecule has 0 aromatic heterocycles. The summed E-state index contributed by atoms with van der Waals surface area (Å²) in [6, 6.07) is 1.59. The van der Waals surface area contributed by atoms with Crippen LogP contribution in [0, 0.1) is 5.92 Å². The number of carbonyl (C=O) groups excluding carboxylic acids is 1. The minimum absolute atomic E-state index is 0.164. The lowest BCUT2D eigenvalue weighted by molar-refractivity contribution is -0.134. The van der Waals surface area contributed by atoms with E-state index >= 15 is 0 Å². The molecule has 4 N–H and O–H groups in total. The monoisotopic (exact) mass is 325 g/mol. The maximum absolute atomic E-state index is 11.8. The van der Waals surface area contributed by atoms with Crippen molar-refractivity contribution in [3.8, 4) is 0 Å². The Labute approximate surface area is 134 Å². The SMILES string of the molecule is CN[C@@H]1CC2CCCC3NC(=O)N(C1)C23.O=C(O)/C=C\C(=O)O. The second kappa shape index (κ2) is 7.45. The van der Waals surface area contributed by atoms with Crippen LogP contribution in [0.15, 0.2) is 12.2 Å². The number of urea groups is 1. The highest BCUT2D eigenvalue weighted by Crippen LogP contribution is 2.38. The van der Waals surface area contributed by atoms with Gasteiger partial charge in [0.05, 0.1) is 12.1 Å². The average Bonchev–Trinajstić information content (AvgIpc) is 2.84. The van der Waals surface area contributed by atoms with Gasteiger partial charge in [0.2, 0.25) is 0 Å². The molecule has 3 rings (SSSR count). The van der Waals surface area contributed by atoms with E-state index in [2.05, 4.69) is 15.5 Å². The number of carboxylic acid groups (broad SMARTS) is 2. The average molecular weight is 325 g/mol. The molecule has 1 aliphatic carbocycles. The lowest BCUT2D eigenvalue weighted by Crippen LogP contribution is -2.55. The first kappa shape index (κ1) is 17.3. The Bertz CT molecular complexity index is 491. The molecule has 0 aromatic carbocycles. The summed E-state index contributed by atoms with van der Waals surface area (Å²) >= 11 is 0. The minimum Gasteiger partial charge on any atom is -0.478 e. The first-order valence-electron chi connectivity index (χ1n) is 7.80. The molecule has 0 radical (unpaired) electrons. The van der Waals surface area contributed by atoms with E-state index in [4.69, 9.17) is 10.2 Å². The normalized spacial score (nSPS) is 31.9. The molecule has 2 aliphatic heterocycles. The van der Waals surface area contributed by atoms with Gasteiger partial charge in [-0.3, -0.25) is 0 Å². The minimum atomic E-state index is -1.26. The molecule has 0 bridgehead atoms. The van der Waals surface area contributed by atoms with Crippen LogP contribution in [0.25, 0.3) is 0 Å². The summed E-state index contributed by atoms with van der Waals surface area (Å²) in [6.45, 7) is 0.889. The third kappa shape index (κ3) is 4.22. The van der Waals surface area contributed by atoms with Gasteiger partial charge in [-0.05, 0) is 32.2 Å². The number of amides is 2. The van der Waals surface area contributed by atoms with E-state index in [-0.39, 0.29) is 6.03 Å². The zero-order valence-corrected chi connectivity index (χ0v) is 13.1. The van der Waals surface area contributed by atoms with E-state index < -0.39 is 11.9 Å². The molecular formula is C15H23N3O5. The fraction of sp³-hybridized carbons (Fsp3) is 0.667. The summed E-state index contributed by atoms with van der Waals surface area (Å²) in [6.07, 6.45) is 6.10. The number of carboxylic acids is 2. The fourth-order valence-corrected chi connectivity index (χ4v) is 3.77. The number of likely N-dealkylation sites (N-methyl/N-ethyl adjacent to an activating group) is 1. The summed E-state index contributed by atoms with van der Waals surface area (Å²) in [5, 5.41) is 22.1. The number of nitrogens with zero attached hydrogens (tertiary/aromatic N) is 1. The predicted octanol–water partition coefficient (Wildman–Crippen LogP) is 0.252. The summed E-state index contributed by atoms with van der Waals surface area (Å²) in [5.74, 6) is -1.80. The van der Waals surface area contributed by atoms with E-state index in [9.17, 15) is 14.4 Å². The van der Waals surface area contributed by atoms with Crippen LogP contribution in [0.3, 0.4) is 0 Å². The molecule has 2 saturated heterocycles. The smallest absolute Gasteiger partial charge is 0.328 e. The Kier molecular flexibility index (Phi) is 5.59. The Hall–Kier alpha value is -2.09. The van der Waals surface area contributed by atoms with Crippen LogP contribution in [-0.4, -0.2) is 64.8 Å². The van der Waals surface area contributed by atoms with Crippen molar-refractivity contribution in [1.82, 2.24) is 15.5 Å². The molecule has 2 heterocycles. The highest BCUT2D eigenvalue weighted by atomic mass is 16.4. The number of hydrogen-bond acceptors (Lipinski definition) is 4. The maximum atomic E-state index is 11.8. The Morgan fingerprint density at radius 1 is 1.26 bits per heavy atom. The van der Waals surface area contributed by atoms with Crippen LogP contribution in [-0.2, 0) is 9.59 Å². The van der Waals surface area contributed by atoms with E-state index in [1.54, 1.807) is 0 Å². The molecule has 3 unspecified atom stereocenters. The molecule has 8 nitrogen and oxygen atoms in total. The molecule has 0 aromatic rings. The van der Waals surface area contributed by atoms with E-state index in [0.717, 1.165) is 6.54 Å². The maximum Gasteiger partial charge on any atom is 0.328 e. The van der Waals surface area contributed by atoms with Crippen LogP contribution < -0.4 is 10.6 Å². The second-order valence-corrected chi connectivity index (χ2v) is 6.12. The van der Waals surface area contributed by atoms with Crippen molar-refractivity contribution in [3.63, 3.8) is 0 Å². The largest absolute Gasteiger partial charge is 0.478 e. The van der Waals surface area contributed by atoms with E-state index in [1.165, 1.54) is 25.7 Å². The highest BCUT2D eigenvalue weighted by Gasteiger charge is 2.49. The van der Waals surface area contributed by atoms with Crippen molar-refractivity contribution in [2.45, 2.75) is 43.8 Å². The molecule has 23 heavy (non-hydrogen) atoms. The van der Waals surface area contributed by atoms with Gasteiger partial charge in [-0.15, -0.1) is 0 Å². The van der Waals surface area contributed by atoms with Crippen molar-refractivity contribution in [2.24, 2.45) is 5.92 Å². The Morgan fingerprint density at radius 3 is 2.48 bits per heavy atom. The van der Waals surface area contributed by atoms with Gasteiger partial charge in [-0.25, -0.2) is 14.4 Å². The molecule has 8 heteroatoms. The molecule has 4 atom stereocenters. The second-order valence-electron chi connectivity index (χ2n) is 6.12. The quantitative estimate of drug-likeness (QED) is 0.552. The third-order valence-electron chi connectivity index (χ3n) is 4.70. The standard InChI is InChI=1S/C11H19N3O.C4H4O4/c1-12-8-5-7-3-2-4-9-10(7)14(6-8)11(15)13-9;5-3(6)1-2-4(7)8/h7-10,12H,2-6H2,1H3,(H,13,15);1-2H,(H,5,6)(H,7,8)/b;2-1-/t7?,8-,9?,10?;/m1./s1. The van der Waals surface area contributed by atoms with Crippen LogP contribution in [0.2, 0.25) is 0 Å². The summed E-state index contributed by atoms with van der Waals surface area (Å²) in [7, 11) is 2.00. The van der Waals surface area contributed by atoms with Gasteiger partial charge in [0, 0.05) is 24.7 Å². The van der Waals surface area contributed by atoms with Gasteiger partial charge in [0.15, 0.2) is 0 Å². The number of rotatable bonds is 3. The van der Waals surface area contributed by atoms with Crippen LogP contribution >= 0.6 is 0 Å². The predicted molar refractivity (Wildman–Crippen MR) is 82.0 cm³/mol. The summed E-state index contributed by atoms with van der Waals surface area (Å²) < 4.78 is 0. The van der Waals surface area contributed by atoms with Crippen molar-refractivity contribution < 1.29 is 24.6 Å². The van der Waals surface area contributed by atoms with Gasteiger partial charge in [-0.1, -0.05) is 6.42 Å². The van der Waals surface area contributed by atoms with Crippen LogP contribution in [0.4, 0.5) is 4.79 Å². The van der Waals surface area contributed by atoms with Gasteiger partial charge in [-0.2, -0.15) is 0 Å². The Morgan fingerprint density at radius 2 is 1.91 bits per heavy atom. The molecular weight excluding hydrogens is 302 g/mol. The zero-order valence-electron chi connectivity index (χ0n) is 13.1. The van der Waals surface area contributed by atoms with Gasteiger partial charge < -0.3 is 25.7 Å². The number of piperidine rings is 1. The number of aliphatic carboxylic acids is 2. The molecule has 2 amide bonds. The number of nitrogens with one attached hydrogen (secondary N) is 2. The van der Waals surface area contributed by atoms with E-state index in [0.29, 0.717) is 36.2 Å². The van der Waals surface area contributed by atoms with Crippen LogP contribution in [0.1, 0.15) is 25.7 Å². The third-order valence-corrected chi connectivity index (χ3v) is 4.70. The molecule has 128 valence electrons. The summed E-state index contributed by atoms with van der Waals surface area (Å²) in [4.78, 5) is 33.0. The highest BCUT2D eigenvalue weighted by molar-refractivity contribution is 5.89. The molecule has 3 fully saturated rings. The first-order chi connectivity index (χ1) is 10.9. The lowest BCUT2D eigenvalue weighted by atomic mass is 9.75. The number of hydrogen-bond donors (Lipinski definition) is 4. The number of carbonyl (C=O) groups is 3. The van der Waals surface area contributed by atoms with Gasteiger partial charge in [0.1, 0.15) is 0 Å². The fourth-order valence-electron chi connectivity index (χ4n) is 3.77.